The van der Waals surface area contributed by atoms with E-state index in [1.165, 1.54) is 15.1 Å². The lowest BCUT2D eigenvalue weighted by atomic mass is 10.1. The summed E-state index contributed by atoms with van der Waals surface area (Å²) in [6.45, 7) is 8.36. The van der Waals surface area contributed by atoms with Crippen molar-refractivity contribution < 1.29 is 0 Å². The van der Waals surface area contributed by atoms with Gasteiger partial charge in [0.05, 0.1) is 3.79 Å². The van der Waals surface area contributed by atoms with Gasteiger partial charge in [0, 0.05) is 37.1 Å². The second kappa shape index (κ2) is 6.69. The molecule has 1 atom stereocenters. The SMILES string of the molecule is C=CCC[C@H](c1ccc(Br)s1)N1CCNCC1. The van der Waals surface area contributed by atoms with E-state index in [1.807, 2.05) is 17.4 Å². The highest BCUT2D eigenvalue weighted by atomic mass is 79.9. The third-order valence-corrected chi connectivity index (χ3v) is 4.88. The highest BCUT2D eigenvalue weighted by Gasteiger charge is 2.22. The quantitative estimate of drug-likeness (QED) is 0.838. The Hall–Kier alpha value is -0.160. The van der Waals surface area contributed by atoms with Crippen LogP contribution in [0.2, 0.25) is 0 Å². The molecule has 0 bridgehead atoms. The molecule has 1 aliphatic rings. The Balaban J connectivity index is 2.08. The van der Waals surface area contributed by atoms with Gasteiger partial charge in [-0.05, 0) is 40.9 Å². The summed E-state index contributed by atoms with van der Waals surface area (Å²) in [5, 5.41) is 3.41. The van der Waals surface area contributed by atoms with Crippen LogP contribution in [0.4, 0.5) is 0 Å². The zero-order valence-corrected chi connectivity index (χ0v) is 12.4. The molecule has 1 N–H and O–H groups in total. The number of nitrogens with one attached hydrogen (secondary N) is 1. The first-order chi connectivity index (χ1) is 8.31. The van der Waals surface area contributed by atoms with Gasteiger partial charge in [-0.2, -0.15) is 0 Å². The van der Waals surface area contributed by atoms with Crippen LogP contribution in [0.3, 0.4) is 0 Å². The second-order valence-corrected chi connectivity index (χ2v) is 6.80. The predicted octanol–water partition coefficient (Wildman–Crippen LogP) is 3.42. The number of rotatable bonds is 5. The summed E-state index contributed by atoms with van der Waals surface area (Å²) in [6, 6.07) is 4.97. The molecule has 0 aromatic carbocycles. The summed E-state index contributed by atoms with van der Waals surface area (Å²) in [4.78, 5) is 4.07. The molecule has 1 saturated heterocycles. The summed E-state index contributed by atoms with van der Waals surface area (Å²) in [7, 11) is 0. The van der Waals surface area contributed by atoms with Crippen molar-refractivity contribution in [1.29, 1.82) is 0 Å². The highest BCUT2D eigenvalue weighted by molar-refractivity contribution is 9.11. The van der Waals surface area contributed by atoms with Crippen LogP contribution in [0.15, 0.2) is 28.6 Å². The van der Waals surface area contributed by atoms with E-state index in [4.69, 9.17) is 0 Å². The van der Waals surface area contributed by atoms with Crippen molar-refractivity contribution in [3.8, 4) is 0 Å². The van der Waals surface area contributed by atoms with E-state index >= 15 is 0 Å². The Kier molecular flexibility index (Phi) is 5.22. The molecule has 0 spiro atoms. The Morgan fingerprint density at radius 2 is 2.24 bits per heavy atom. The molecule has 1 aromatic heterocycles. The van der Waals surface area contributed by atoms with Crippen LogP contribution in [-0.2, 0) is 0 Å². The monoisotopic (exact) mass is 314 g/mol. The van der Waals surface area contributed by atoms with Crippen LogP contribution in [-0.4, -0.2) is 31.1 Å². The number of nitrogens with zero attached hydrogens (tertiary/aromatic N) is 1. The predicted molar refractivity (Wildman–Crippen MR) is 78.6 cm³/mol. The number of halogens is 1. The smallest absolute Gasteiger partial charge is 0.0701 e. The molecular weight excluding hydrogens is 296 g/mol. The topological polar surface area (TPSA) is 15.3 Å². The Labute approximate surface area is 116 Å². The number of allylic oxidation sites excluding steroid dienone is 1. The lowest BCUT2D eigenvalue weighted by Gasteiger charge is -2.34. The number of hydrogen-bond donors (Lipinski definition) is 1. The van der Waals surface area contributed by atoms with Gasteiger partial charge in [-0.3, -0.25) is 4.90 Å². The van der Waals surface area contributed by atoms with Gasteiger partial charge in [0.1, 0.15) is 0 Å². The Bertz CT molecular complexity index is 358. The minimum atomic E-state index is 0.561. The van der Waals surface area contributed by atoms with Crippen LogP contribution in [0.5, 0.6) is 0 Å². The zero-order valence-electron chi connectivity index (χ0n) is 9.99. The third kappa shape index (κ3) is 3.65. The van der Waals surface area contributed by atoms with Gasteiger partial charge >= 0.3 is 0 Å². The molecule has 0 aliphatic carbocycles. The number of thiophene rings is 1. The first-order valence-electron chi connectivity index (χ1n) is 6.12. The molecular formula is C13H19BrN2S. The number of hydrogen-bond acceptors (Lipinski definition) is 3. The van der Waals surface area contributed by atoms with Gasteiger partial charge in [0.15, 0.2) is 0 Å². The van der Waals surface area contributed by atoms with E-state index in [0.29, 0.717) is 6.04 Å². The molecule has 0 radical (unpaired) electrons. The van der Waals surface area contributed by atoms with Crippen molar-refractivity contribution in [3.63, 3.8) is 0 Å². The van der Waals surface area contributed by atoms with Gasteiger partial charge in [-0.15, -0.1) is 17.9 Å². The van der Waals surface area contributed by atoms with Gasteiger partial charge < -0.3 is 5.32 Å². The van der Waals surface area contributed by atoms with Gasteiger partial charge in [-0.25, -0.2) is 0 Å². The highest BCUT2D eigenvalue weighted by Crippen LogP contribution is 2.33. The average Bonchev–Trinajstić information content (AvgIpc) is 2.78. The van der Waals surface area contributed by atoms with E-state index in [0.717, 1.165) is 32.6 Å². The fourth-order valence-corrected chi connectivity index (χ4v) is 3.87. The van der Waals surface area contributed by atoms with Gasteiger partial charge in [0.25, 0.3) is 0 Å². The summed E-state index contributed by atoms with van der Waals surface area (Å²) in [5.41, 5.74) is 0. The van der Waals surface area contributed by atoms with Crippen LogP contribution >= 0.6 is 27.3 Å². The van der Waals surface area contributed by atoms with Crippen molar-refractivity contribution in [2.24, 2.45) is 0 Å². The first kappa shape index (κ1) is 13.3. The molecule has 1 aromatic rings. The summed E-state index contributed by atoms with van der Waals surface area (Å²) < 4.78 is 1.23. The standard InChI is InChI=1S/C13H19BrN2S/c1-2-3-4-11(12-5-6-13(14)17-12)16-9-7-15-8-10-16/h2,5-6,11,15H,1,3-4,7-10H2/t11-/m1/s1. The minimum Gasteiger partial charge on any atom is -0.314 e. The molecule has 1 fully saturated rings. The largest absolute Gasteiger partial charge is 0.314 e. The lowest BCUT2D eigenvalue weighted by Crippen LogP contribution is -2.45. The molecule has 0 amide bonds. The fraction of sp³-hybridized carbons (Fsp3) is 0.538. The van der Waals surface area contributed by atoms with Crippen molar-refractivity contribution >= 4 is 27.3 Å². The summed E-state index contributed by atoms with van der Waals surface area (Å²) in [6.07, 6.45) is 4.29. The number of piperazine rings is 1. The van der Waals surface area contributed by atoms with E-state index in [1.54, 1.807) is 0 Å². The fourth-order valence-electron chi connectivity index (χ4n) is 2.28. The van der Waals surface area contributed by atoms with Gasteiger partial charge in [-0.1, -0.05) is 6.08 Å². The maximum Gasteiger partial charge on any atom is 0.0701 e. The first-order valence-corrected chi connectivity index (χ1v) is 7.73. The van der Waals surface area contributed by atoms with E-state index in [2.05, 4.69) is 44.9 Å². The third-order valence-electron chi connectivity index (χ3n) is 3.16. The molecule has 4 heteroatoms. The van der Waals surface area contributed by atoms with Crippen LogP contribution < -0.4 is 5.32 Å². The zero-order chi connectivity index (χ0) is 12.1. The van der Waals surface area contributed by atoms with E-state index in [9.17, 15) is 0 Å². The molecule has 17 heavy (non-hydrogen) atoms. The Morgan fingerprint density at radius 1 is 1.47 bits per heavy atom. The lowest BCUT2D eigenvalue weighted by molar-refractivity contribution is 0.168. The van der Waals surface area contributed by atoms with Crippen molar-refractivity contribution in [2.45, 2.75) is 18.9 Å². The van der Waals surface area contributed by atoms with E-state index < -0.39 is 0 Å². The minimum absolute atomic E-state index is 0.561. The Morgan fingerprint density at radius 3 is 2.82 bits per heavy atom. The average molecular weight is 315 g/mol. The van der Waals surface area contributed by atoms with Crippen LogP contribution in [0, 0.1) is 0 Å². The maximum absolute atomic E-state index is 3.84. The second-order valence-electron chi connectivity index (χ2n) is 4.31. The van der Waals surface area contributed by atoms with Crippen LogP contribution in [0.25, 0.3) is 0 Å². The molecule has 0 unspecified atom stereocenters. The summed E-state index contributed by atoms with van der Waals surface area (Å²) >= 11 is 5.42. The molecule has 2 nitrogen and oxygen atoms in total. The summed E-state index contributed by atoms with van der Waals surface area (Å²) in [5.74, 6) is 0. The molecule has 2 rings (SSSR count). The molecule has 1 aliphatic heterocycles. The van der Waals surface area contributed by atoms with Gasteiger partial charge in [0.2, 0.25) is 0 Å². The molecule has 0 saturated carbocycles. The molecule has 2 heterocycles. The van der Waals surface area contributed by atoms with Crippen molar-refractivity contribution in [1.82, 2.24) is 10.2 Å². The van der Waals surface area contributed by atoms with E-state index in [-0.39, 0.29) is 0 Å². The maximum atomic E-state index is 3.84. The van der Waals surface area contributed by atoms with Crippen molar-refractivity contribution in [3.05, 3.63) is 33.5 Å². The van der Waals surface area contributed by atoms with Crippen molar-refractivity contribution in [2.75, 3.05) is 26.2 Å². The normalized spacial score (nSPS) is 19.1. The molecule has 94 valence electrons. The van der Waals surface area contributed by atoms with Crippen LogP contribution in [0.1, 0.15) is 23.8 Å².